The molecule has 0 amide bonds. The van der Waals surface area contributed by atoms with Crippen LogP contribution >= 0.6 is 0 Å². The monoisotopic (exact) mass is 352 g/mol. The molecule has 2 aromatic heterocycles. The predicted molar refractivity (Wildman–Crippen MR) is 96.6 cm³/mol. The molecule has 0 atom stereocenters. The van der Waals surface area contributed by atoms with Crippen LogP contribution in [0.25, 0.3) is 22.0 Å². The Morgan fingerprint density at radius 1 is 1.12 bits per heavy atom. The quantitative estimate of drug-likeness (QED) is 0.530. The molecule has 0 radical (unpaired) electrons. The molecule has 0 bridgehead atoms. The molecule has 0 unspecified atom stereocenters. The van der Waals surface area contributed by atoms with Crippen molar-refractivity contribution in [3.63, 3.8) is 0 Å². The Labute approximate surface area is 151 Å². The van der Waals surface area contributed by atoms with E-state index in [9.17, 15) is 9.59 Å². The van der Waals surface area contributed by atoms with E-state index in [1.54, 1.807) is 33.2 Å². The number of hydrogen-bond acceptors (Lipinski definition) is 6. The lowest BCUT2D eigenvalue weighted by molar-refractivity contribution is -0.155. The van der Waals surface area contributed by atoms with Crippen molar-refractivity contribution in [2.24, 2.45) is 0 Å². The summed E-state index contributed by atoms with van der Waals surface area (Å²) in [5.41, 5.74) is 2.15. The minimum absolute atomic E-state index is 0.0607. The molecule has 0 saturated heterocycles. The molecule has 3 rings (SSSR count). The van der Waals surface area contributed by atoms with Gasteiger partial charge >= 0.3 is 5.97 Å². The molecule has 0 aliphatic carbocycles. The summed E-state index contributed by atoms with van der Waals surface area (Å²) in [5, 5.41) is 5.01. The zero-order valence-corrected chi connectivity index (χ0v) is 15.2. The van der Waals surface area contributed by atoms with Gasteiger partial charge in [-0.2, -0.15) is 5.10 Å². The van der Waals surface area contributed by atoms with Crippen LogP contribution in [0.1, 0.15) is 38.2 Å². The number of nitrogens with zero attached hydrogens (tertiary/aromatic N) is 4. The second kappa shape index (κ2) is 6.67. The molecule has 0 aliphatic rings. The average molecular weight is 352 g/mol. The SMILES string of the molecule is CC(=O)c1nn(CC(=O)OC(C)(C)C)c2ccc(-c3cncnc3)cc12. The Morgan fingerprint density at radius 2 is 1.81 bits per heavy atom. The van der Waals surface area contributed by atoms with E-state index in [0.717, 1.165) is 11.1 Å². The maximum absolute atomic E-state index is 12.2. The van der Waals surface area contributed by atoms with E-state index in [0.29, 0.717) is 16.6 Å². The van der Waals surface area contributed by atoms with Crippen LogP contribution in [-0.4, -0.2) is 37.1 Å². The molecule has 26 heavy (non-hydrogen) atoms. The van der Waals surface area contributed by atoms with Crippen molar-refractivity contribution in [3.05, 3.63) is 42.6 Å². The third-order valence-corrected chi connectivity index (χ3v) is 3.68. The number of rotatable bonds is 4. The van der Waals surface area contributed by atoms with E-state index in [1.165, 1.54) is 17.9 Å². The van der Waals surface area contributed by atoms with E-state index in [-0.39, 0.29) is 12.3 Å². The minimum atomic E-state index is -0.579. The summed E-state index contributed by atoms with van der Waals surface area (Å²) in [6, 6.07) is 5.59. The van der Waals surface area contributed by atoms with Crippen LogP contribution in [0.15, 0.2) is 36.9 Å². The van der Waals surface area contributed by atoms with Crippen LogP contribution in [0.2, 0.25) is 0 Å². The van der Waals surface area contributed by atoms with E-state index in [1.807, 2.05) is 18.2 Å². The van der Waals surface area contributed by atoms with Crippen molar-refractivity contribution in [2.45, 2.75) is 39.8 Å². The van der Waals surface area contributed by atoms with Crippen LogP contribution in [0.5, 0.6) is 0 Å². The standard InChI is InChI=1S/C19H20N4O3/c1-12(24)18-15-7-13(14-8-20-11-21-9-14)5-6-16(15)23(22-18)10-17(25)26-19(2,3)4/h5-9,11H,10H2,1-4H3. The van der Waals surface area contributed by atoms with Gasteiger partial charge in [0, 0.05) is 30.3 Å². The predicted octanol–water partition coefficient (Wildman–Crippen LogP) is 3.04. The number of hydrogen-bond donors (Lipinski definition) is 0. The molecule has 7 heteroatoms. The van der Waals surface area contributed by atoms with E-state index < -0.39 is 11.6 Å². The Balaban J connectivity index is 2.03. The molecule has 0 N–H and O–H groups in total. The number of benzene rings is 1. The van der Waals surface area contributed by atoms with Gasteiger partial charge in [0.05, 0.1) is 5.52 Å². The van der Waals surface area contributed by atoms with E-state index in [4.69, 9.17) is 4.74 Å². The first-order valence-electron chi connectivity index (χ1n) is 8.23. The lowest BCUT2D eigenvalue weighted by atomic mass is 10.0. The molecule has 0 spiro atoms. The van der Waals surface area contributed by atoms with E-state index in [2.05, 4.69) is 15.1 Å². The molecule has 1 aromatic carbocycles. The molecular formula is C19H20N4O3. The third kappa shape index (κ3) is 3.77. The van der Waals surface area contributed by atoms with Crippen LogP contribution in [0.3, 0.4) is 0 Å². The average Bonchev–Trinajstić information content (AvgIpc) is 2.92. The highest BCUT2D eigenvalue weighted by Crippen LogP contribution is 2.26. The zero-order chi connectivity index (χ0) is 18.9. The van der Waals surface area contributed by atoms with Gasteiger partial charge in [-0.3, -0.25) is 14.3 Å². The molecule has 7 nitrogen and oxygen atoms in total. The lowest BCUT2D eigenvalue weighted by Gasteiger charge is -2.19. The first kappa shape index (κ1) is 17.7. The Bertz CT molecular complexity index is 972. The van der Waals surface area contributed by atoms with Gasteiger partial charge in [-0.05, 0) is 38.5 Å². The molecule has 0 saturated carbocycles. The highest BCUT2D eigenvalue weighted by Gasteiger charge is 2.20. The Hall–Kier alpha value is -3.09. The van der Waals surface area contributed by atoms with Gasteiger partial charge in [-0.1, -0.05) is 6.07 Å². The van der Waals surface area contributed by atoms with Crippen LogP contribution < -0.4 is 0 Å². The molecule has 0 aliphatic heterocycles. The molecule has 3 aromatic rings. The first-order chi connectivity index (χ1) is 12.2. The van der Waals surface area contributed by atoms with Crippen LogP contribution in [0.4, 0.5) is 0 Å². The van der Waals surface area contributed by atoms with E-state index >= 15 is 0 Å². The number of Topliss-reactive ketones (excluding diaryl/α,β-unsaturated/α-hetero) is 1. The number of carbonyl (C=O) groups is 2. The van der Waals surface area contributed by atoms with Gasteiger partial charge in [0.2, 0.25) is 0 Å². The summed E-state index contributed by atoms with van der Waals surface area (Å²) < 4.78 is 6.86. The van der Waals surface area contributed by atoms with Gasteiger partial charge in [0.15, 0.2) is 5.78 Å². The highest BCUT2D eigenvalue weighted by atomic mass is 16.6. The molecule has 2 heterocycles. The number of carbonyl (C=O) groups excluding carboxylic acids is 2. The molecule has 0 fully saturated rings. The molecular weight excluding hydrogens is 332 g/mol. The second-order valence-corrected chi connectivity index (χ2v) is 7.01. The number of esters is 1. The maximum atomic E-state index is 12.2. The smallest absolute Gasteiger partial charge is 0.328 e. The van der Waals surface area contributed by atoms with Crippen LogP contribution in [-0.2, 0) is 16.1 Å². The fourth-order valence-corrected chi connectivity index (χ4v) is 2.68. The number of ether oxygens (including phenoxy) is 1. The zero-order valence-electron chi connectivity index (χ0n) is 15.2. The summed E-state index contributed by atoms with van der Waals surface area (Å²) in [4.78, 5) is 32.2. The van der Waals surface area contributed by atoms with Gasteiger partial charge < -0.3 is 4.74 Å². The summed E-state index contributed by atoms with van der Waals surface area (Å²) in [7, 11) is 0. The normalized spacial score (nSPS) is 11.5. The largest absolute Gasteiger partial charge is 0.459 e. The number of ketones is 1. The van der Waals surface area contributed by atoms with Crippen LogP contribution in [0, 0.1) is 0 Å². The van der Waals surface area contributed by atoms with Gasteiger partial charge in [-0.15, -0.1) is 0 Å². The fraction of sp³-hybridized carbons (Fsp3) is 0.316. The second-order valence-electron chi connectivity index (χ2n) is 7.01. The minimum Gasteiger partial charge on any atom is -0.459 e. The maximum Gasteiger partial charge on any atom is 0.328 e. The van der Waals surface area contributed by atoms with Crippen molar-refractivity contribution < 1.29 is 14.3 Å². The third-order valence-electron chi connectivity index (χ3n) is 3.68. The topological polar surface area (TPSA) is 87.0 Å². The number of fused-ring (bicyclic) bond motifs is 1. The van der Waals surface area contributed by atoms with Crippen molar-refractivity contribution in [1.82, 2.24) is 19.7 Å². The highest BCUT2D eigenvalue weighted by molar-refractivity contribution is 6.06. The van der Waals surface area contributed by atoms with Gasteiger partial charge in [0.1, 0.15) is 24.2 Å². The van der Waals surface area contributed by atoms with Gasteiger partial charge in [0.25, 0.3) is 0 Å². The first-order valence-corrected chi connectivity index (χ1v) is 8.23. The van der Waals surface area contributed by atoms with Gasteiger partial charge in [-0.25, -0.2) is 9.97 Å². The molecule has 134 valence electrons. The van der Waals surface area contributed by atoms with Crippen molar-refractivity contribution in [1.29, 1.82) is 0 Å². The summed E-state index contributed by atoms with van der Waals surface area (Å²) in [6.45, 7) is 6.82. The Kier molecular flexibility index (Phi) is 4.54. The van der Waals surface area contributed by atoms with Crippen molar-refractivity contribution in [2.75, 3.05) is 0 Å². The summed E-state index contributed by atoms with van der Waals surface area (Å²) >= 11 is 0. The lowest BCUT2D eigenvalue weighted by Crippen LogP contribution is -2.26. The fourth-order valence-electron chi connectivity index (χ4n) is 2.68. The summed E-state index contributed by atoms with van der Waals surface area (Å²) in [6.07, 6.45) is 4.86. The number of aromatic nitrogens is 4. The van der Waals surface area contributed by atoms with Crippen molar-refractivity contribution in [3.8, 4) is 11.1 Å². The Morgan fingerprint density at radius 3 is 2.42 bits per heavy atom. The summed E-state index contributed by atoms with van der Waals surface area (Å²) in [5.74, 6) is -0.572. The van der Waals surface area contributed by atoms with Crippen molar-refractivity contribution >= 4 is 22.7 Å².